The maximum atomic E-state index is 9.19. The number of fused-ring (bicyclic) bond motifs is 1. The van der Waals surface area contributed by atoms with Crippen LogP contribution in [-0.2, 0) is 20.1 Å². The third-order valence-corrected chi connectivity index (χ3v) is 3.83. The highest BCUT2D eigenvalue weighted by molar-refractivity contribution is 5.48. The number of hydrogen-bond acceptors (Lipinski definition) is 3. The maximum Gasteiger partial charge on any atom is 0.0682 e. The van der Waals surface area contributed by atoms with Crippen molar-refractivity contribution in [2.24, 2.45) is 7.05 Å². The highest BCUT2D eigenvalue weighted by Gasteiger charge is 2.23. The SMILES string of the molecule is Cn1ncc2c1CCCC2Nc1cccc(CO)c1. The van der Waals surface area contributed by atoms with Crippen molar-refractivity contribution in [3.63, 3.8) is 0 Å². The first kappa shape index (κ1) is 12.2. The number of aryl methyl sites for hydroxylation is 1. The van der Waals surface area contributed by atoms with Gasteiger partial charge in [-0.3, -0.25) is 4.68 Å². The fourth-order valence-corrected chi connectivity index (χ4v) is 2.82. The Labute approximate surface area is 113 Å². The minimum atomic E-state index is 0.0817. The largest absolute Gasteiger partial charge is 0.392 e. The van der Waals surface area contributed by atoms with E-state index in [1.54, 1.807) is 0 Å². The van der Waals surface area contributed by atoms with E-state index in [9.17, 15) is 5.11 Å². The van der Waals surface area contributed by atoms with Gasteiger partial charge in [0.25, 0.3) is 0 Å². The molecule has 4 nitrogen and oxygen atoms in total. The van der Waals surface area contributed by atoms with E-state index in [-0.39, 0.29) is 6.61 Å². The van der Waals surface area contributed by atoms with Crippen LogP contribution < -0.4 is 5.32 Å². The lowest BCUT2D eigenvalue weighted by atomic mass is 9.93. The summed E-state index contributed by atoms with van der Waals surface area (Å²) in [7, 11) is 2.01. The molecule has 4 heteroatoms. The molecule has 0 aliphatic heterocycles. The second-order valence-electron chi connectivity index (χ2n) is 5.12. The third kappa shape index (κ3) is 2.36. The highest BCUT2D eigenvalue weighted by atomic mass is 16.3. The summed E-state index contributed by atoms with van der Waals surface area (Å²) in [6.07, 6.45) is 5.40. The zero-order chi connectivity index (χ0) is 13.2. The first-order chi connectivity index (χ1) is 9.28. The molecule has 2 N–H and O–H groups in total. The summed E-state index contributed by atoms with van der Waals surface area (Å²) >= 11 is 0. The number of nitrogens with one attached hydrogen (secondary N) is 1. The Morgan fingerprint density at radius 1 is 1.47 bits per heavy atom. The van der Waals surface area contributed by atoms with E-state index in [4.69, 9.17) is 0 Å². The Morgan fingerprint density at radius 3 is 3.21 bits per heavy atom. The molecule has 1 unspecified atom stereocenters. The predicted molar refractivity (Wildman–Crippen MR) is 74.9 cm³/mol. The molecule has 3 rings (SSSR count). The quantitative estimate of drug-likeness (QED) is 0.887. The molecule has 2 aromatic rings. The first-order valence-corrected chi connectivity index (χ1v) is 6.75. The van der Waals surface area contributed by atoms with Crippen molar-refractivity contribution in [2.45, 2.75) is 31.9 Å². The second-order valence-corrected chi connectivity index (χ2v) is 5.12. The molecule has 0 spiro atoms. The van der Waals surface area contributed by atoms with E-state index in [0.717, 1.165) is 24.1 Å². The summed E-state index contributed by atoms with van der Waals surface area (Å²) in [5, 5.41) is 17.1. The molecule has 1 heterocycles. The molecule has 1 aromatic carbocycles. The number of rotatable bonds is 3. The summed E-state index contributed by atoms with van der Waals surface area (Å²) in [5.74, 6) is 0. The predicted octanol–water partition coefficient (Wildman–Crippen LogP) is 2.40. The van der Waals surface area contributed by atoms with E-state index >= 15 is 0 Å². The molecule has 1 aliphatic carbocycles. The maximum absolute atomic E-state index is 9.19. The fraction of sp³-hybridized carbons (Fsp3) is 0.400. The third-order valence-electron chi connectivity index (χ3n) is 3.83. The van der Waals surface area contributed by atoms with Gasteiger partial charge in [-0.15, -0.1) is 0 Å². The zero-order valence-electron chi connectivity index (χ0n) is 11.1. The minimum absolute atomic E-state index is 0.0817. The Morgan fingerprint density at radius 2 is 2.37 bits per heavy atom. The van der Waals surface area contributed by atoms with Gasteiger partial charge in [-0.1, -0.05) is 12.1 Å². The Kier molecular flexibility index (Phi) is 3.25. The van der Waals surface area contributed by atoms with E-state index in [1.165, 1.54) is 17.7 Å². The summed E-state index contributed by atoms with van der Waals surface area (Å²) in [6, 6.07) is 8.28. The molecule has 100 valence electrons. The van der Waals surface area contributed by atoms with Crippen molar-refractivity contribution < 1.29 is 5.11 Å². The molecular formula is C15H19N3O. The number of aliphatic hydroxyl groups excluding tert-OH is 1. The smallest absolute Gasteiger partial charge is 0.0682 e. The van der Waals surface area contributed by atoms with Crippen molar-refractivity contribution in [1.29, 1.82) is 0 Å². The van der Waals surface area contributed by atoms with E-state index < -0.39 is 0 Å². The summed E-state index contributed by atoms with van der Waals surface area (Å²) in [4.78, 5) is 0. The molecule has 1 aromatic heterocycles. The molecule has 0 amide bonds. The van der Waals surface area contributed by atoms with Crippen LogP contribution in [0.2, 0.25) is 0 Å². The molecule has 0 bridgehead atoms. The summed E-state index contributed by atoms with van der Waals surface area (Å²) < 4.78 is 1.98. The first-order valence-electron chi connectivity index (χ1n) is 6.75. The van der Waals surface area contributed by atoms with Gasteiger partial charge in [0.1, 0.15) is 0 Å². The molecule has 1 aliphatic rings. The number of hydrogen-bond donors (Lipinski definition) is 2. The molecule has 0 saturated heterocycles. The minimum Gasteiger partial charge on any atom is -0.392 e. The highest BCUT2D eigenvalue weighted by Crippen LogP contribution is 2.32. The fourth-order valence-electron chi connectivity index (χ4n) is 2.82. The number of aliphatic hydroxyl groups is 1. The van der Waals surface area contributed by atoms with E-state index in [2.05, 4.69) is 10.4 Å². The summed E-state index contributed by atoms with van der Waals surface area (Å²) in [6.45, 7) is 0.0817. The molecule has 0 saturated carbocycles. The van der Waals surface area contributed by atoms with Crippen LogP contribution in [0.1, 0.15) is 35.7 Å². The van der Waals surface area contributed by atoms with Crippen molar-refractivity contribution in [3.8, 4) is 0 Å². The van der Waals surface area contributed by atoms with Gasteiger partial charge in [0.15, 0.2) is 0 Å². The Bertz CT molecular complexity index is 577. The van der Waals surface area contributed by atoms with Crippen LogP contribution in [-0.4, -0.2) is 14.9 Å². The van der Waals surface area contributed by atoms with Crippen molar-refractivity contribution >= 4 is 5.69 Å². The van der Waals surface area contributed by atoms with Gasteiger partial charge < -0.3 is 10.4 Å². The molecule has 0 radical (unpaired) electrons. The molecule has 1 atom stereocenters. The summed E-state index contributed by atoms with van der Waals surface area (Å²) in [5.41, 5.74) is 4.64. The van der Waals surface area contributed by atoms with Gasteiger partial charge in [0.05, 0.1) is 18.8 Å². The number of benzene rings is 1. The van der Waals surface area contributed by atoms with Crippen LogP contribution >= 0.6 is 0 Å². The van der Waals surface area contributed by atoms with Crippen LogP contribution in [0.4, 0.5) is 5.69 Å². The number of anilines is 1. The van der Waals surface area contributed by atoms with E-state index in [1.807, 2.05) is 42.2 Å². The average Bonchev–Trinajstić information content (AvgIpc) is 2.82. The number of nitrogens with zero attached hydrogens (tertiary/aromatic N) is 2. The lowest BCUT2D eigenvalue weighted by molar-refractivity contribution is 0.282. The van der Waals surface area contributed by atoms with Crippen LogP contribution in [0.3, 0.4) is 0 Å². The zero-order valence-corrected chi connectivity index (χ0v) is 11.1. The van der Waals surface area contributed by atoms with Crippen LogP contribution in [0.15, 0.2) is 30.5 Å². The molecule has 0 fully saturated rings. The molecule has 19 heavy (non-hydrogen) atoms. The standard InChI is InChI=1S/C15H19N3O/c1-18-15-7-3-6-14(13(15)9-16-18)17-12-5-2-4-11(8-12)10-19/h2,4-5,8-9,14,17,19H,3,6-7,10H2,1H3. The van der Waals surface area contributed by atoms with E-state index in [0.29, 0.717) is 6.04 Å². The lowest BCUT2D eigenvalue weighted by Gasteiger charge is -2.25. The van der Waals surface area contributed by atoms with Crippen LogP contribution in [0.25, 0.3) is 0 Å². The van der Waals surface area contributed by atoms with Gasteiger partial charge in [-0.25, -0.2) is 0 Å². The van der Waals surface area contributed by atoms with Gasteiger partial charge >= 0.3 is 0 Å². The molecular weight excluding hydrogens is 238 g/mol. The Hall–Kier alpha value is -1.81. The topological polar surface area (TPSA) is 50.1 Å². The normalized spacial score (nSPS) is 18.1. The lowest BCUT2D eigenvalue weighted by Crippen LogP contribution is -2.17. The van der Waals surface area contributed by atoms with Gasteiger partial charge in [-0.2, -0.15) is 5.10 Å². The van der Waals surface area contributed by atoms with Gasteiger partial charge in [0.2, 0.25) is 0 Å². The Balaban J connectivity index is 1.84. The van der Waals surface area contributed by atoms with Gasteiger partial charge in [0, 0.05) is 24.0 Å². The van der Waals surface area contributed by atoms with Crippen molar-refractivity contribution in [1.82, 2.24) is 9.78 Å². The van der Waals surface area contributed by atoms with Crippen LogP contribution in [0.5, 0.6) is 0 Å². The second kappa shape index (κ2) is 5.05. The number of aromatic nitrogens is 2. The van der Waals surface area contributed by atoms with Gasteiger partial charge in [-0.05, 0) is 37.0 Å². The van der Waals surface area contributed by atoms with Crippen molar-refractivity contribution in [2.75, 3.05) is 5.32 Å². The average molecular weight is 257 g/mol. The van der Waals surface area contributed by atoms with Crippen molar-refractivity contribution in [3.05, 3.63) is 47.3 Å². The monoisotopic (exact) mass is 257 g/mol. The van der Waals surface area contributed by atoms with Crippen LogP contribution in [0, 0.1) is 0 Å².